The summed E-state index contributed by atoms with van der Waals surface area (Å²) in [7, 11) is 0. The number of ether oxygens (including phenoxy) is 1. The zero-order valence-corrected chi connectivity index (χ0v) is 20.0. The van der Waals surface area contributed by atoms with E-state index in [0.717, 1.165) is 46.9 Å². The quantitative estimate of drug-likeness (QED) is 0.279. The van der Waals surface area contributed by atoms with Gasteiger partial charge in [-0.1, -0.05) is 0 Å². The van der Waals surface area contributed by atoms with Gasteiger partial charge in [0, 0.05) is 54.5 Å². The average Bonchev–Trinajstić information content (AvgIpc) is 3.60. The van der Waals surface area contributed by atoms with Crippen LogP contribution in [0.1, 0.15) is 34.5 Å². The molecule has 2 aromatic heterocycles. The van der Waals surface area contributed by atoms with Crippen molar-refractivity contribution in [2.24, 2.45) is 0 Å². The summed E-state index contributed by atoms with van der Waals surface area (Å²) in [4.78, 5) is 20.3. The van der Waals surface area contributed by atoms with E-state index in [4.69, 9.17) is 4.74 Å². The van der Waals surface area contributed by atoms with Crippen molar-refractivity contribution in [1.29, 1.82) is 0 Å². The van der Waals surface area contributed by atoms with Gasteiger partial charge in [-0.25, -0.2) is 9.37 Å². The first-order valence-electron chi connectivity index (χ1n) is 11.6. The number of amides is 1. The number of benzene rings is 2. The van der Waals surface area contributed by atoms with Gasteiger partial charge in [-0.2, -0.15) is 13.2 Å². The summed E-state index contributed by atoms with van der Waals surface area (Å²) in [6.07, 6.45) is -0.388. The maximum atomic E-state index is 13.3. The van der Waals surface area contributed by atoms with Gasteiger partial charge in [-0.15, -0.1) is 11.3 Å². The van der Waals surface area contributed by atoms with Gasteiger partial charge in [0.1, 0.15) is 5.82 Å². The summed E-state index contributed by atoms with van der Waals surface area (Å²) in [5.74, 6) is -0.646. The highest BCUT2D eigenvalue weighted by Crippen LogP contribution is 2.29. The number of hydrogen-bond acceptors (Lipinski definition) is 4. The molecule has 0 spiro atoms. The molecule has 10 heteroatoms. The summed E-state index contributed by atoms with van der Waals surface area (Å²) >= 11 is 1.47. The number of hydrogen-bond donors (Lipinski definition) is 0. The van der Waals surface area contributed by atoms with E-state index in [1.165, 1.54) is 35.6 Å². The van der Waals surface area contributed by atoms with Crippen LogP contribution in [-0.2, 0) is 17.3 Å². The zero-order chi connectivity index (χ0) is 25.3. The van der Waals surface area contributed by atoms with Gasteiger partial charge in [0.05, 0.1) is 17.4 Å². The fraction of sp³-hybridized carbons (Fsp3) is 0.308. The minimum Gasteiger partial charge on any atom is -0.376 e. The van der Waals surface area contributed by atoms with Crippen LogP contribution >= 0.6 is 11.3 Å². The van der Waals surface area contributed by atoms with E-state index in [1.807, 2.05) is 16.0 Å². The average molecular weight is 518 g/mol. The van der Waals surface area contributed by atoms with Crippen LogP contribution in [-0.4, -0.2) is 46.0 Å². The van der Waals surface area contributed by atoms with Gasteiger partial charge in [-0.05, 0) is 61.4 Å². The van der Waals surface area contributed by atoms with Crippen molar-refractivity contribution in [1.82, 2.24) is 14.3 Å². The van der Waals surface area contributed by atoms with Crippen molar-refractivity contribution in [2.45, 2.75) is 31.5 Å². The van der Waals surface area contributed by atoms with Crippen LogP contribution in [0, 0.1) is 5.82 Å². The third-order valence-electron chi connectivity index (χ3n) is 6.26. The number of nitrogens with zero attached hydrogens (tertiary/aromatic N) is 3. The Kier molecular flexibility index (Phi) is 6.81. The molecule has 0 radical (unpaired) electrons. The molecule has 0 bridgehead atoms. The fourth-order valence-electron chi connectivity index (χ4n) is 4.31. The van der Waals surface area contributed by atoms with Crippen LogP contribution in [0.25, 0.3) is 16.2 Å². The van der Waals surface area contributed by atoms with Gasteiger partial charge in [0.25, 0.3) is 5.91 Å². The highest BCUT2D eigenvalue weighted by atomic mass is 32.1. The minimum absolute atomic E-state index is 0.0933. The number of fused-ring (bicyclic) bond motifs is 1. The lowest BCUT2D eigenvalue weighted by Gasteiger charge is -2.25. The monoisotopic (exact) mass is 517 g/mol. The lowest BCUT2D eigenvalue weighted by molar-refractivity contribution is -0.137. The Labute approximate surface area is 208 Å². The predicted molar refractivity (Wildman–Crippen MR) is 128 cm³/mol. The molecular weight excluding hydrogens is 494 g/mol. The summed E-state index contributed by atoms with van der Waals surface area (Å²) < 4.78 is 59.8. The Bertz CT molecular complexity index is 1340. The number of aromatic nitrogens is 2. The Balaban J connectivity index is 1.34. The molecule has 36 heavy (non-hydrogen) atoms. The predicted octanol–water partition coefficient (Wildman–Crippen LogP) is 6.08. The number of halogens is 4. The van der Waals surface area contributed by atoms with E-state index in [2.05, 4.69) is 4.98 Å². The highest BCUT2D eigenvalue weighted by Gasteiger charge is 2.31. The number of carbonyl (C=O) groups excluding carboxylic acids is 1. The molecule has 1 atom stereocenters. The highest BCUT2D eigenvalue weighted by molar-refractivity contribution is 7.15. The molecule has 0 aliphatic carbocycles. The zero-order valence-electron chi connectivity index (χ0n) is 19.2. The lowest BCUT2D eigenvalue weighted by atomic mass is 10.1. The molecule has 5 nitrogen and oxygen atoms in total. The van der Waals surface area contributed by atoms with E-state index in [1.54, 1.807) is 17.0 Å². The summed E-state index contributed by atoms with van der Waals surface area (Å²) in [6, 6.07) is 10.4. The molecule has 4 aromatic rings. The normalized spacial score (nSPS) is 16.1. The summed E-state index contributed by atoms with van der Waals surface area (Å²) in [5.41, 5.74) is 1.89. The van der Waals surface area contributed by atoms with Gasteiger partial charge in [-0.3, -0.25) is 9.20 Å². The number of imidazole rings is 1. The molecule has 188 valence electrons. The van der Waals surface area contributed by atoms with Gasteiger partial charge in [0.2, 0.25) is 0 Å². The van der Waals surface area contributed by atoms with Gasteiger partial charge >= 0.3 is 6.18 Å². The molecular formula is C26H23F4N3O2S. The third kappa shape index (κ3) is 5.29. The number of rotatable bonds is 7. The molecule has 1 aliphatic rings. The van der Waals surface area contributed by atoms with Crippen molar-refractivity contribution < 1.29 is 27.1 Å². The number of alkyl halides is 3. The second-order valence-electron chi connectivity index (χ2n) is 8.72. The van der Waals surface area contributed by atoms with Crippen LogP contribution < -0.4 is 0 Å². The van der Waals surface area contributed by atoms with E-state index in [9.17, 15) is 22.4 Å². The van der Waals surface area contributed by atoms with Crippen molar-refractivity contribution in [2.75, 3.05) is 19.7 Å². The fourth-order valence-corrected chi connectivity index (χ4v) is 5.22. The first-order chi connectivity index (χ1) is 17.3. The Hall–Kier alpha value is -3.24. The molecule has 1 unspecified atom stereocenters. The van der Waals surface area contributed by atoms with Crippen molar-refractivity contribution in [3.63, 3.8) is 0 Å². The molecule has 0 saturated carbocycles. The topological polar surface area (TPSA) is 46.8 Å². The maximum absolute atomic E-state index is 13.3. The molecule has 5 rings (SSSR count). The first kappa shape index (κ1) is 24.5. The Morgan fingerprint density at radius 2 is 1.89 bits per heavy atom. The second-order valence-corrected chi connectivity index (χ2v) is 9.56. The smallest absolute Gasteiger partial charge is 0.376 e. The van der Waals surface area contributed by atoms with Crippen LogP contribution in [0.3, 0.4) is 0 Å². The van der Waals surface area contributed by atoms with Crippen LogP contribution in [0.4, 0.5) is 17.6 Å². The number of carbonyl (C=O) groups is 1. The lowest BCUT2D eigenvalue weighted by Crippen LogP contribution is -2.39. The van der Waals surface area contributed by atoms with E-state index < -0.39 is 11.7 Å². The third-order valence-corrected chi connectivity index (χ3v) is 7.14. The van der Waals surface area contributed by atoms with E-state index in [0.29, 0.717) is 26.1 Å². The van der Waals surface area contributed by atoms with Gasteiger partial charge < -0.3 is 9.64 Å². The van der Waals surface area contributed by atoms with Crippen LogP contribution in [0.5, 0.6) is 0 Å². The molecule has 2 aromatic carbocycles. The Morgan fingerprint density at radius 1 is 1.14 bits per heavy atom. The molecule has 1 fully saturated rings. The van der Waals surface area contributed by atoms with Gasteiger partial charge in [0.15, 0.2) is 4.96 Å². The molecule has 1 amide bonds. The summed E-state index contributed by atoms with van der Waals surface area (Å²) in [6.45, 7) is 1.38. The maximum Gasteiger partial charge on any atom is 0.416 e. The molecule has 0 N–H and O–H groups in total. The van der Waals surface area contributed by atoms with Crippen molar-refractivity contribution in [3.8, 4) is 11.3 Å². The second kappa shape index (κ2) is 10.0. The molecule has 1 aliphatic heterocycles. The molecule has 1 saturated heterocycles. The van der Waals surface area contributed by atoms with Crippen LogP contribution in [0.15, 0.2) is 60.1 Å². The first-order valence-corrected chi connectivity index (χ1v) is 12.5. The SMILES string of the molecule is O=C(c1ccc(C(F)(F)F)cc1)N(CCc1csc2nc(-c3ccc(F)cc3)cn12)CC1CCCO1. The minimum atomic E-state index is -4.46. The van der Waals surface area contributed by atoms with Crippen molar-refractivity contribution >= 4 is 22.2 Å². The Morgan fingerprint density at radius 3 is 2.56 bits per heavy atom. The summed E-state index contributed by atoms with van der Waals surface area (Å²) in [5, 5.41) is 1.98. The standard InChI is InChI=1S/C26H23F4N3O2S/c27-20-9-5-17(6-10-20)23-15-33-21(16-36-25(33)31-23)11-12-32(14-22-2-1-13-35-22)24(34)18-3-7-19(8-4-18)26(28,29)30/h3-10,15-16,22H,1-2,11-14H2. The largest absolute Gasteiger partial charge is 0.416 e. The molecule has 3 heterocycles. The van der Waals surface area contributed by atoms with E-state index >= 15 is 0 Å². The number of thiazole rings is 1. The van der Waals surface area contributed by atoms with E-state index in [-0.39, 0.29) is 23.4 Å². The van der Waals surface area contributed by atoms with Crippen molar-refractivity contribution in [3.05, 3.63) is 82.7 Å². The van der Waals surface area contributed by atoms with Crippen LogP contribution in [0.2, 0.25) is 0 Å².